The van der Waals surface area contributed by atoms with Gasteiger partial charge in [-0.15, -0.1) is 0 Å². The van der Waals surface area contributed by atoms with E-state index in [9.17, 15) is 14.4 Å². The van der Waals surface area contributed by atoms with E-state index in [1.807, 2.05) is 42.5 Å². The number of nitrogens with one attached hydrogen (secondary N) is 1. The molecule has 33 heavy (non-hydrogen) atoms. The van der Waals surface area contributed by atoms with E-state index in [1.54, 1.807) is 36.4 Å². The van der Waals surface area contributed by atoms with Crippen LogP contribution in [0.5, 0.6) is 11.5 Å². The number of carbonyl (C=O) groups is 3. The van der Waals surface area contributed by atoms with Gasteiger partial charge in [-0.05, 0) is 42.5 Å². The molecule has 0 fully saturated rings. The van der Waals surface area contributed by atoms with Crippen LogP contribution in [0.2, 0.25) is 0 Å². The molecule has 3 aromatic carbocycles. The number of hydrogen-bond donors (Lipinski definition) is 1. The number of para-hydroxylation sites is 1. The van der Waals surface area contributed by atoms with Crippen LogP contribution in [0.25, 0.3) is 5.70 Å². The van der Waals surface area contributed by atoms with Gasteiger partial charge in [0.25, 0.3) is 11.8 Å². The maximum atomic E-state index is 12.5. The lowest BCUT2D eigenvalue weighted by molar-refractivity contribution is -0.147. The number of nitrogens with zero attached hydrogens (tertiary/aromatic N) is 1. The number of anilines is 1. The van der Waals surface area contributed by atoms with Gasteiger partial charge in [-0.2, -0.15) is 0 Å². The summed E-state index contributed by atoms with van der Waals surface area (Å²) < 4.78 is 10.7. The second kappa shape index (κ2) is 9.82. The van der Waals surface area contributed by atoms with Gasteiger partial charge in [0.15, 0.2) is 6.61 Å². The molecule has 1 heterocycles. The number of esters is 1. The summed E-state index contributed by atoms with van der Waals surface area (Å²) in [5.41, 5.74) is 2.43. The van der Waals surface area contributed by atoms with Crippen LogP contribution < -0.4 is 10.1 Å². The summed E-state index contributed by atoms with van der Waals surface area (Å²) in [6, 6.07) is 23.4. The molecule has 4 rings (SSSR count). The fourth-order valence-electron chi connectivity index (χ4n) is 3.42. The van der Waals surface area contributed by atoms with Crippen LogP contribution in [-0.4, -0.2) is 35.8 Å². The first-order chi connectivity index (χ1) is 16.0. The van der Waals surface area contributed by atoms with Gasteiger partial charge < -0.3 is 19.7 Å². The monoisotopic (exact) mass is 442 g/mol. The summed E-state index contributed by atoms with van der Waals surface area (Å²) in [5.74, 6) is 0.110. The molecule has 0 aliphatic carbocycles. The standard InChI is InChI=1S/C26H22N2O5/c1-18-22-9-5-6-10-23(22)26(31)28(18)16-15-25(30)32-17-24(29)27-19-11-13-21(14-12-19)33-20-7-3-2-4-8-20/h2-14H,1,15-17H2,(H,27,29). The Morgan fingerprint density at radius 3 is 2.18 bits per heavy atom. The molecule has 0 aromatic heterocycles. The maximum absolute atomic E-state index is 12.5. The molecule has 0 radical (unpaired) electrons. The molecule has 1 aliphatic heterocycles. The Morgan fingerprint density at radius 2 is 1.48 bits per heavy atom. The first-order valence-corrected chi connectivity index (χ1v) is 10.4. The summed E-state index contributed by atoms with van der Waals surface area (Å²) in [6.45, 7) is 3.65. The number of amides is 2. The van der Waals surface area contributed by atoms with Gasteiger partial charge in [-0.25, -0.2) is 0 Å². The highest BCUT2D eigenvalue weighted by atomic mass is 16.5. The molecule has 2 amide bonds. The lowest BCUT2D eigenvalue weighted by Crippen LogP contribution is -2.27. The topological polar surface area (TPSA) is 84.9 Å². The van der Waals surface area contributed by atoms with Crippen molar-refractivity contribution in [3.8, 4) is 11.5 Å². The molecule has 0 unspecified atom stereocenters. The van der Waals surface area contributed by atoms with Gasteiger partial charge in [-0.3, -0.25) is 14.4 Å². The second-order valence-corrected chi connectivity index (χ2v) is 7.35. The molecule has 1 aliphatic rings. The van der Waals surface area contributed by atoms with Gasteiger partial charge >= 0.3 is 5.97 Å². The van der Waals surface area contributed by atoms with Crippen molar-refractivity contribution in [2.75, 3.05) is 18.5 Å². The minimum Gasteiger partial charge on any atom is -0.457 e. The maximum Gasteiger partial charge on any atom is 0.308 e. The van der Waals surface area contributed by atoms with Crippen LogP contribution in [0, 0.1) is 0 Å². The van der Waals surface area contributed by atoms with Crippen molar-refractivity contribution in [3.05, 3.63) is 96.6 Å². The van der Waals surface area contributed by atoms with E-state index in [-0.39, 0.29) is 18.9 Å². The van der Waals surface area contributed by atoms with Crippen LogP contribution in [0.15, 0.2) is 85.4 Å². The Morgan fingerprint density at radius 1 is 0.848 bits per heavy atom. The van der Waals surface area contributed by atoms with E-state index in [1.165, 1.54) is 4.90 Å². The van der Waals surface area contributed by atoms with Crippen LogP contribution >= 0.6 is 0 Å². The van der Waals surface area contributed by atoms with E-state index in [0.717, 1.165) is 5.56 Å². The fourth-order valence-corrected chi connectivity index (χ4v) is 3.42. The van der Waals surface area contributed by atoms with Gasteiger partial charge in [0.2, 0.25) is 0 Å². The highest BCUT2D eigenvalue weighted by molar-refractivity contribution is 6.08. The van der Waals surface area contributed by atoms with E-state index in [0.29, 0.717) is 28.4 Å². The van der Waals surface area contributed by atoms with Crippen LogP contribution in [0.3, 0.4) is 0 Å². The van der Waals surface area contributed by atoms with Crippen molar-refractivity contribution < 1.29 is 23.9 Å². The normalized spacial score (nSPS) is 12.3. The molecule has 0 atom stereocenters. The second-order valence-electron chi connectivity index (χ2n) is 7.35. The zero-order valence-electron chi connectivity index (χ0n) is 17.8. The van der Waals surface area contributed by atoms with E-state index in [2.05, 4.69) is 11.9 Å². The minimum absolute atomic E-state index is 0.0441. The van der Waals surface area contributed by atoms with Gasteiger partial charge in [0, 0.05) is 29.1 Å². The Bertz CT molecular complexity index is 1150. The summed E-state index contributed by atoms with van der Waals surface area (Å²) >= 11 is 0. The van der Waals surface area contributed by atoms with E-state index >= 15 is 0 Å². The third-order valence-electron chi connectivity index (χ3n) is 5.06. The molecule has 0 spiro atoms. The SMILES string of the molecule is C=C1c2ccccc2C(=O)N1CCC(=O)OCC(=O)Nc1ccc(Oc2ccccc2)cc1. The van der Waals surface area contributed by atoms with E-state index < -0.39 is 18.5 Å². The molecular formula is C26H22N2O5. The fraction of sp³-hybridized carbons (Fsp3) is 0.115. The molecule has 166 valence electrons. The Labute approximate surface area is 191 Å². The molecule has 0 bridgehead atoms. The highest BCUT2D eigenvalue weighted by Crippen LogP contribution is 2.31. The summed E-state index contributed by atoms with van der Waals surface area (Å²) in [5, 5.41) is 2.66. The first kappa shape index (κ1) is 21.8. The summed E-state index contributed by atoms with van der Waals surface area (Å²) in [4.78, 5) is 38.1. The first-order valence-electron chi connectivity index (χ1n) is 10.4. The van der Waals surface area contributed by atoms with Crippen molar-refractivity contribution in [2.45, 2.75) is 6.42 Å². The molecule has 3 aromatic rings. The van der Waals surface area contributed by atoms with Crippen molar-refractivity contribution in [3.63, 3.8) is 0 Å². The number of rotatable bonds is 8. The predicted octanol–water partition coefficient (Wildman–Crippen LogP) is 4.48. The Hall–Kier alpha value is -4.39. The van der Waals surface area contributed by atoms with Crippen molar-refractivity contribution >= 4 is 29.2 Å². The molecular weight excluding hydrogens is 420 g/mol. The predicted molar refractivity (Wildman–Crippen MR) is 124 cm³/mol. The smallest absolute Gasteiger partial charge is 0.308 e. The summed E-state index contributed by atoms with van der Waals surface area (Å²) in [6.07, 6.45) is -0.0441. The van der Waals surface area contributed by atoms with Crippen molar-refractivity contribution in [1.29, 1.82) is 0 Å². The lowest BCUT2D eigenvalue weighted by Gasteiger charge is -2.16. The van der Waals surface area contributed by atoms with Crippen molar-refractivity contribution in [2.24, 2.45) is 0 Å². The van der Waals surface area contributed by atoms with Crippen LogP contribution in [0.1, 0.15) is 22.3 Å². The van der Waals surface area contributed by atoms with E-state index in [4.69, 9.17) is 9.47 Å². The van der Waals surface area contributed by atoms with Crippen molar-refractivity contribution in [1.82, 2.24) is 4.90 Å². The van der Waals surface area contributed by atoms with Gasteiger partial charge in [-0.1, -0.05) is 43.0 Å². The quantitative estimate of drug-likeness (QED) is 0.520. The number of carbonyl (C=O) groups excluding carboxylic acids is 3. The number of hydrogen-bond acceptors (Lipinski definition) is 5. The third-order valence-corrected chi connectivity index (χ3v) is 5.06. The molecule has 7 heteroatoms. The number of fused-ring (bicyclic) bond motifs is 1. The molecule has 1 N–H and O–H groups in total. The average Bonchev–Trinajstić information content (AvgIpc) is 3.08. The third kappa shape index (κ3) is 5.27. The minimum atomic E-state index is -0.576. The number of benzene rings is 3. The summed E-state index contributed by atoms with van der Waals surface area (Å²) in [7, 11) is 0. The Balaban J connectivity index is 1.20. The zero-order valence-corrected chi connectivity index (χ0v) is 17.8. The highest BCUT2D eigenvalue weighted by Gasteiger charge is 2.30. The van der Waals surface area contributed by atoms with Gasteiger partial charge in [0.1, 0.15) is 11.5 Å². The molecule has 0 saturated heterocycles. The molecule has 7 nitrogen and oxygen atoms in total. The Kier molecular flexibility index (Phi) is 6.50. The zero-order chi connectivity index (χ0) is 23.2. The average molecular weight is 442 g/mol. The van der Waals surface area contributed by atoms with Crippen LogP contribution in [-0.2, 0) is 14.3 Å². The lowest BCUT2D eigenvalue weighted by atomic mass is 10.1. The molecule has 0 saturated carbocycles. The largest absolute Gasteiger partial charge is 0.457 e. The van der Waals surface area contributed by atoms with Crippen LogP contribution in [0.4, 0.5) is 5.69 Å². The van der Waals surface area contributed by atoms with Gasteiger partial charge in [0.05, 0.1) is 6.42 Å². The number of ether oxygens (including phenoxy) is 2.